The first kappa shape index (κ1) is 26.1. The van der Waals surface area contributed by atoms with Crippen molar-refractivity contribution in [2.45, 2.75) is 13.1 Å². The Kier molecular flexibility index (Phi) is 6.20. The van der Waals surface area contributed by atoms with Crippen LogP contribution in [-0.4, -0.2) is 26.8 Å². The number of hydrogen-bond donors (Lipinski definition) is 0. The molecule has 0 aliphatic heterocycles. The van der Waals surface area contributed by atoms with Crippen LogP contribution in [0.2, 0.25) is 0 Å². The van der Waals surface area contributed by atoms with Crippen LogP contribution >= 0.6 is 22.6 Å². The number of pyridine rings is 1. The summed E-state index contributed by atoms with van der Waals surface area (Å²) >= 11 is 1.86. The topological polar surface area (TPSA) is 48.5 Å². The number of fused-ring (bicyclic) bond motifs is 2. The maximum Gasteiger partial charge on any atom is 0.417 e. The smallest absolute Gasteiger partial charge is 0.417 e. The second-order valence-electron chi connectivity index (χ2n) is 8.52. The van der Waals surface area contributed by atoms with Crippen molar-refractivity contribution < 1.29 is 35.9 Å². The van der Waals surface area contributed by atoms with Crippen molar-refractivity contribution in [1.29, 1.82) is 0 Å². The summed E-state index contributed by atoms with van der Waals surface area (Å²) in [6, 6.07) is 6.41. The van der Waals surface area contributed by atoms with E-state index in [1.807, 2.05) is 22.6 Å². The highest BCUT2D eigenvalue weighted by Crippen LogP contribution is 2.47. The van der Waals surface area contributed by atoms with E-state index in [9.17, 15) is 31.1 Å². The minimum absolute atomic E-state index is 0.0843. The fourth-order valence-corrected chi connectivity index (χ4v) is 5.37. The molecule has 38 heavy (non-hydrogen) atoms. The molecule has 196 valence electrons. The van der Waals surface area contributed by atoms with Crippen molar-refractivity contribution >= 4 is 44.9 Å². The van der Waals surface area contributed by atoms with E-state index in [0.29, 0.717) is 21.5 Å². The second-order valence-corrected chi connectivity index (χ2v) is 9.68. The van der Waals surface area contributed by atoms with E-state index in [4.69, 9.17) is 4.74 Å². The first-order valence-electron chi connectivity index (χ1n) is 11.0. The Morgan fingerprint density at radius 1 is 1.08 bits per heavy atom. The Labute approximate surface area is 224 Å². The lowest BCUT2D eigenvalue weighted by Gasteiger charge is -2.19. The van der Waals surface area contributed by atoms with Crippen LogP contribution in [0.1, 0.15) is 27.4 Å². The number of rotatable bonds is 4. The summed E-state index contributed by atoms with van der Waals surface area (Å²) in [5.74, 6) is -5.27. The first-order chi connectivity index (χ1) is 17.8. The molecule has 0 fully saturated rings. The average Bonchev–Trinajstić information content (AvgIpc) is 3.35. The van der Waals surface area contributed by atoms with Crippen molar-refractivity contribution in [3.05, 3.63) is 86.3 Å². The van der Waals surface area contributed by atoms with Crippen LogP contribution in [0.4, 0.5) is 26.3 Å². The van der Waals surface area contributed by atoms with Gasteiger partial charge >= 0.3 is 6.18 Å². The molecule has 0 aliphatic rings. The molecule has 5 rings (SSSR count). The van der Waals surface area contributed by atoms with Crippen LogP contribution in [0.15, 0.2) is 42.6 Å². The van der Waals surface area contributed by atoms with Gasteiger partial charge in [0, 0.05) is 33.5 Å². The molecule has 0 saturated carbocycles. The maximum atomic E-state index is 14.4. The second kappa shape index (κ2) is 9.03. The molecule has 5 nitrogen and oxygen atoms in total. The quantitative estimate of drug-likeness (QED) is 0.0911. The molecule has 5 aromatic rings. The molecule has 0 bridgehead atoms. The lowest BCUT2D eigenvalue weighted by Crippen LogP contribution is -2.10. The Morgan fingerprint density at radius 2 is 1.74 bits per heavy atom. The number of methoxy groups -OCH3 is 1. The van der Waals surface area contributed by atoms with E-state index < -0.39 is 40.5 Å². The molecule has 0 aliphatic carbocycles. The van der Waals surface area contributed by atoms with Crippen LogP contribution in [0.5, 0.6) is 5.75 Å². The van der Waals surface area contributed by atoms with Gasteiger partial charge < -0.3 is 13.7 Å². The molecule has 3 aromatic heterocycles. The Balaban J connectivity index is 1.83. The molecule has 0 saturated heterocycles. The number of ketones is 1. The number of halogens is 7. The highest BCUT2D eigenvalue weighted by atomic mass is 127. The van der Waals surface area contributed by atoms with Crippen molar-refractivity contribution in [2.24, 2.45) is 7.05 Å². The number of ether oxygens (including phenoxy) is 1. The molecule has 12 heteroatoms. The number of carbonyl (C=O) groups excluding carboxylic acids is 1. The first-order valence-corrected chi connectivity index (χ1v) is 12.0. The third kappa shape index (κ3) is 3.92. The zero-order valence-electron chi connectivity index (χ0n) is 19.8. The van der Waals surface area contributed by atoms with Crippen molar-refractivity contribution in [2.75, 3.05) is 7.11 Å². The molecule has 0 radical (unpaired) electrons. The van der Waals surface area contributed by atoms with E-state index in [1.54, 1.807) is 14.0 Å². The van der Waals surface area contributed by atoms with E-state index in [-0.39, 0.29) is 39.1 Å². The fraction of sp³-hybridized carbons (Fsp3) is 0.154. The minimum atomic E-state index is -4.78. The van der Waals surface area contributed by atoms with E-state index in [1.165, 1.54) is 40.5 Å². The molecule has 0 unspecified atom stereocenters. The van der Waals surface area contributed by atoms with E-state index in [0.717, 1.165) is 6.07 Å². The molecule has 2 aromatic carbocycles. The van der Waals surface area contributed by atoms with Gasteiger partial charge in [-0.15, -0.1) is 0 Å². The van der Waals surface area contributed by atoms with Crippen molar-refractivity contribution in [1.82, 2.24) is 14.0 Å². The Hall–Kier alpha value is -3.55. The van der Waals surface area contributed by atoms with E-state index in [2.05, 4.69) is 4.98 Å². The molecule has 3 heterocycles. The van der Waals surface area contributed by atoms with Gasteiger partial charge in [-0.25, -0.2) is 18.2 Å². The number of aryl methyl sites for hydroxylation is 2. The maximum absolute atomic E-state index is 14.4. The Bertz CT molecular complexity index is 1770. The summed E-state index contributed by atoms with van der Waals surface area (Å²) in [4.78, 5) is 17.6. The number of benzene rings is 2. The van der Waals surface area contributed by atoms with Crippen molar-refractivity contribution in [3.8, 4) is 16.9 Å². The fourth-order valence-electron chi connectivity index (χ4n) is 4.52. The third-order valence-electron chi connectivity index (χ3n) is 6.36. The lowest BCUT2D eigenvalue weighted by atomic mass is 9.96. The molecule has 0 N–H and O–H groups in total. The molecular formula is C26H16F6IN3O2. The minimum Gasteiger partial charge on any atom is -0.494 e. The molecule has 0 spiro atoms. The van der Waals surface area contributed by atoms with Gasteiger partial charge in [0.2, 0.25) is 5.78 Å². The summed E-state index contributed by atoms with van der Waals surface area (Å²) in [5, 5.41) is 0. The van der Waals surface area contributed by atoms with Crippen LogP contribution in [0.25, 0.3) is 27.7 Å². The third-order valence-corrected chi connectivity index (χ3v) is 7.18. The molecule has 0 amide bonds. The van der Waals surface area contributed by atoms with E-state index >= 15 is 0 Å². The molecular weight excluding hydrogens is 627 g/mol. The van der Waals surface area contributed by atoms with Gasteiger partial charge in [-0.2, -0.15) is 13.2 Å². The van der Waals surface area contributed by atoms with Gasteiger partial charge in [0.05, 0.1) is 29.4 Å². The highest BCUT2D eigenvalue weighted by molar-refractivity contribution is 14.1. The van der Waals surface area contributed by atoms with Crippen molar-refractivity contribution in [3.63, 3.8) is 0 Å². The van der Waals surface area contributed by atoms with Gasteiger partial charge in [-0.1, -0.05) is 6.07 Å². The van der Waals surface area contributed by atoms with Gasteiger partial charge in [0.15, 0.2) is 23.2 Å². The summed E-state index contributed by atoms with van der Waals surface area (Å²) in [7, 11) is 2.85. The predicted octanol–water partition coefficient (Wildman–Crippen LogP) is 7.08. The summed E-state index contributed by atoms with van der Waals surface area (Å²) in [6.07, 6.45) is -3.34. The van der Waals surface area contributed by atoms with Gasteiger partial charge in [0.25, 0.3) is 0 Å². The van der Waals surface area contributed by atoms with Gasteiger partial charge in [-0.3, -0.25) is 4.79 Å². The van der Waals surface area contributed by atoms with Gasteiger partial charge in [-0.05, 0) is 59.8 Å². The number of aromatic nitrogens is 3. The number of nitrogens with zero attached hydrogens (tertiary/aromatic N) is 3. The van der Waals surface area contributed by atoms with Crippen LogP contribution in [0, 0.1) is 27.9 Å². The zero-order valence-corrected chi connectivity index (χ0v) is 22.0. The summed E-state index contributed by atoms with van der Waals surface area (Å²) in [5.41, 5.74) is -0.996. The standard InChI is InChI=1S/C26H16F6IN3O2/c1-11-34-22-18(35(11)2)9-14(26(30,31)32)20(25(22)38-3)13-5-4-6-36-19(10-17(33)23(13)36)24(37)12-7-15(27)21(29)16(28)8-12/h4-10H,1-3H3. The SMILES string of the molecule is COc1c(-c2cccn3c(C(=O)c4cc(F)c(F)c(F)c4)cc(I)c23)c(C(F)(F)F)cc2c1nc(C)n2C. The lowest BCUT2D eigenvalue weighted by molar-refractivity contribution is -0.137. The zero-order chi connectivity index (χ0) is 27.7. The largest absolute Gasteiger partial charge is 0.494 e. The number of alkyl halides is 3. The van der Waals surface area contributed by atoms with Gasteiger partial charge in [0.1, 0.15) is 11.3 Å². The monoisotopic (exact) mass is 643 g/mol. The number of carbonyl (C=O) groups is 1. The van der Waals surface area contributed by atoms with Crippen LogP contribution in [0.3, 0.4) is 0 Å². The normalized spacial score (nSPS) is 12.1. The summed E-state index contributed by atoms with van der Waals surface area (Å²) in [6.45, 7) is 1.65. The Morgan fingerprint density at radius 3 is 2.34 bits per heavy atom. The predicted molar refractivity (Wildman–Crippen MR) is 136 cm³/mol. The number of hydrogen-bond acceptors (Lipinski definition) is 3. The number of imidazole rings is 1. The summed E-state index contributed by atoms with van der Waals surface area (Å²) < 4.78 is 93.1. The molecule has 0 atom stereocenters. The average molecular weight is 643 g/mol. The highest BCUT2D eigenvalue weighted by Gasteiger charge is 2.38. The van der Waals surface area contributed by atoms with Crippen LogP contribution < -0.4 is 4.74 Å². The van der Waals surface area contributed by atoms with Crippen LogP contribution in [-0.2, 0) is 13.2 Å².